The average molecular weight is 241 g/mol. The van der Waals surface area contributed by atoms with Gasteiger partial charge in [0.1, 0.15) is 0 Å². The van der Waals surface area contributed by atoms with E-state index in [1.807, 2.05) is 29.0 Å². The maximum absolute atomic E-state index is 11.5. The van der Waals surface area contributed by atoms with Crippen molar-refractivity contribution in [2.75, 3.05) is 0 Å². The number of rotatable bonds is 3. The summed E-state index contributed by atoms with van der Waals surface area (Å²) in [5, 5.41) is 0. The second kappa shape index (κ2) is 3.58. The zero-order valence-corrected chi connectivity index (χ0v) is 8.83. The first-order valence-corrected chi connectivity index (χ1v) is 5.23. The molecule has 2 rings (SSSR count). The van der Waals surface area contributed by atoms with E-state index < -0.39 is 0 Å². The molecule has 2 nitrogen and oxygen atoms in total. The van der Waals surface area contributed by atoms with Crippen molar-refractivity contribution in [1.82, 2.24) is 0 Å². The lowest BCUT2D eigenvalue weighted by Gasteiger charge is -1.96. The molecule has 0 bridgehead atoms. The Hall–Kier alpha value is -0.700. The highest BCUT2D eigenvalue weighted by molar-refractivity contribution is 9.10. The highest BCUT2D eigenvalue weighted by Crippen LogP contribution is 2.29. The number of carbonyl (C=O) groups is 1. The van der Waals surface area contributed by atoms with Gasteiger partial charge in [0.25, 0.3) is 0 Å². The van der Waals surface area contributed by atoms with Crippen LogP contribution in [0.2, 0.25) is 0 Å². The van der Waals surface area contributed by atoms with Gasteiger partial charge in [0.15, 0.2) is 6.20 Å². The third-order valence-electron chi connectivity index (χ3n) is 2.24. The molecule has 1 aromatic rings. The summed E-state index contributed by atoms with van der Waals surface area (Å²) in [7, 11) is 0. The number of aromatic nitrogens is 1. The molecule has 1 aromatic heterocycles. The summed E-state index contributed by atoms with van der Waals surface area (Å²) in [4.78, 5) is 11.5. The third kappa shape index (κ3) is 2.15. The number of pyridine rings is 1. The van der Waals surface area contributed by atoms with Gasteiger partial charge in [-0.05, 0) is 18.9 Å². The maximum Gasteiger partial charge on any atom is 0.248 e. The van der Waals surface area contributed by atoms with Gasteiger partial charge in [-0.15, -0.1) is 0 Å². The van der Waals surface area contributed by atoms with E-state index in [2.05, 4.69) is 15.9 Å². The van der Waals surface area contributed by atoms with Crippen molar-refractivity contribution in [3.8, 4) is 0 Å². The fourth-order valence-corrected chi connectivity index (χ4v) is 1.68. The molecule has 1 aliphatic carbocycles. The van der Waals surface area contributed by atoms with Gasteiger partial charge in [-0.2, -0.15) is 4.57 Å². The molecule has 68 valence electrons. The molecule has 1 fully saturated rings. The number of hydrogen-bond donors (Lipinski definition) is 0. The summed E-state index contributed by atoms with van der Waals surface area (Å²) in [5.41, 5.74) is 0. The van der Waals surface area contributed by atoms with E-state index in [1.54, 1.807) is 0 Å². The van der Waals surface area contributed by atoms with E-state index >= 15 is 0 Å². The van der Waals surface area contributed by atoms with Gasteiger partial charge in [-0.1, -0.05) is 0 Å². The number of nitrogens with zero attached hydrogens (tertiary/aromatic N) is 1. The van der Waals surface area contributed by atoms with Crippen LogP contribution in [0.15, 0.2) is 29.0 Å². The Morgan fingerprint density at radius 2 is 2.31 bits per heavy atom. The molecule has 1 aliphatic rings. The van der Waals surface area contributed by atoms with E-state index in [0.717, 1.165) is 17.4 Å². The quantitative estimate of drug-likeness (QED) is 0.583. The smallest absolute Gasteiger partial charge is 0.248 e. The Labute approximate surface area is 85.7 Å². The molecule has 0 saturated heterocycles. The van der Waals surface area contributed by atoms with Crippen LogP contribution < -0.4 is 4.57 Å². The lowest BCUT2D eigenvalue weighted by molar-refractivity contribution is -0.695. The van der Waals surface area contributed by atoms with Crippen LogP contribution in [0.3, 0.4) is 0 Å². The standard InChI is InChI=1S/C10H11BrNO/c11-10-3-1-2-6-12(10)7-9(13)8-4-5-8/h1-3,6,8H,4-5,7H2/q+1. The van der Waals surface area contributed by atoms with E-state index in [4.69, 9.17) is 0 Å². The molecule has 0 amide bonds. The Bertz CT molecular complexity index is 333. The predicted octanol–water partition coefficient (Wildman–Crippen LogP) is 1.72. The summed E-state index contributed by atoms with van der Waals surface area (Å²) < 4.78 is 2.89. The molecular weight excluding hydrogens is 230 g/mol. The minimum absolute atomic E-state index is 0.347. The van der Waals surface area contributed by atoms with Gasteiger partial charge in [0.05, 0.1) is 0 Å². The van der Waals surface area contributed by atoms with Gasteiger partial charge in [-0.25, -0.2) is 0 Å². The molecule has 0 atom stereocenters. The third-order valence-corrected chi connectivity index (χ3v) is 2.96. The zero-order chi connectivity index (χ0) is 9.26. The Balaban J connectivity index is 2.08. The highest BCUT2D eigenvalue weighted by atomic mass is 79.9. The number of halogens is 1. The topological polar surface area (TPSA) is 20.9 Å². The minimum Gasteiger partial charge on any atom is -0.292 e. The maximum atomic E-state index is 11.5. The second-order valence-electron chi connectivity index (χ2n) is 3.39. The van der Waals surface area contributed by atoms with Crippen LogP contribution in [0, 0.1) is 5.92 Å². The Kier molecular flexibility index (Phi) is 2.44. The van der Waals surface area contributed by atoms with Crippen molar-refractivity contribution in [1.29, 1.82) is 0 Å². The summed E-state index contributed by atoms with van der Waals surface area (Å²) in [5.74, 6) is 0.705. The van der Waals surface area contributed by atoms with Gasteiger partial charge in [-0.3, -0.25) is 4.79 Å². The van der Waals surface area contributed by atoms with Crippen molar-refractivity contribution in [2.24, 2.45) is 5.92 Å². The van der Waals surface area contributed by atoms with Crippen molar-refractivity contribution in [2.45, 2.75) is 19.4 Å². The molecular formula is C10H11BrNO+. The fraction of sp³-hybridized carbons (Fsp3) is 0.400. The van der Waals surface area contributed by atoms with Crippen molar-refractivity contribution >= 4 is 21.7 Å². The van der Waals surface area contributed by atoms with E-state index in [-0.39, 0.29) is 0 Å². The number of Topliss-reactive ketones (excluding diaryl/α,β-unsaturated/α-hetero) is 1. The molecule has 0 spiro atoms. The Morgan fingerprint density at radius 1 is 1.54 bits per heavy atom. The van der Waals surface area contributed by atoms with Crippen LogP contribution in [0.4, 0.5) is 0 Å². The highest BCUT2D eigenvalue weighted by Gasteiger charge is 2.32. The molecule has 1 heterocycles. The van der Waals surface area contributed by atoms with Crippen LogP contribution in [0.1, 0.15) is 12.8 Å². The summed E-state index contributed by atoms with van der Waals surface area (Å²) in [6, 6.07) is 5.83. The van der Waals surface area contributed by atoms with Crippen LogP contribution in [-0.2, 0) is 11.3 Å². The van der Waals surface area contributed by atoms with E-state index in [0.29, 0.717) is 18.2 Å². The van der Waals surface area contributed by atoms with Gasteiger partial charge in [0.2, 0.25) is 16.9 Å². The summed E-state index contributed by atoms with van der Waals surface area (Å²) >= 11 is 3.41. The lowest BCUT2D eigenvalue weighted by atomic mass is 10.2. The molecule has 0 N–H and O–H groups in total. The Morgan fingerprint density at radius 3 is 2.92 bits per heavy atom. The molecule has 0 aliphatic heterocycles. The van der Waals surface area contributed by atoms with Crippen LogP contribution in [-0.4, -0.2) is 5.78 Å². The van der Waals surface area contributed by atoms with Crippen LogP contribution >= 0.6 is 15.9 Å². The van der Waals surface area contributed by atoms with Gasteiger partial charge >= 0.3 is 0 Å². The van der Waals surface area contributed by atoms with Crippen molar-refractivity contribution in [3.05, 3.63) is 29.0 Å². The van der Waals surface area contributed by atoms with E-state index in [1.165, 1.54) is 0 Å². The zero-order valence-electron chi connectivity index (χ0n) is 7.24. The number of carbonyl (C=O) groups excluding carboxylic acids is 1. The first-order chi connectivity index (χ1) is 6.27. The molecule has 13 heavy (non-hydrogen) atoms. The molecule has 0 aromatic carbocycles. The summed E-state index contributed by atoms with van der Waals surface area (Å²) in [6.07, 6.45) is 4.10. The molecule has 1 saturated carbocycles. The van der Waals surface area contributed by atoms with Gasteiger partial charge < -0.3 is 0 Å². The number of ketones is 1. The average Bonchev–Trinajstić information content (AvgIpc) is 2.91. The molecule has 0 unspecified atom stereocenters. The van der Waals surface area contributed by atoms with Crippen LogP contribution in [0.5, 0.6) is 0 Å². The monoisotopic (exact) mass is 240 g/mol. The first-order valence-electron chi connectivity index (χ1n) is 4.44. The largest absolute Gasteiger partial charge is 0.292 e. The SMILES string of the molecule is O=C(C[n+]1ccccc1Br)C1CC1. The summed E-state index contributed by atoms with van der Waals surface area (Å²) in [6.45, 7) is 0.506. The fourth-order valence-electron chi connectivity index (χ4n) is 1.29. The number of hydrogen-bond acceptors (Lipinski definition) is 1. The van der Waals surface area contributed by atoms with E-state index in [9.17, 15) is 4.79 Å². The molecule has 3 heteroatoms. The van der Waals surface area contributed by atoms with Crippen LogP contribution in [0.25, 0.3) is 0 Å². The van der Waals surface area contributed by atoms with Gasteiger partial charge in [0, 0.05) is 34.0 Å². The molecule has 0 radical (unpaired) electrons. The van der Waals surface area contributed by atoms with Crippen molar-refractivity contribution < 1.29 is 9.36 Å². The predicted molar refractivity (Wildman–Crippen MR) is 52.1 cm³/mol. The normalized spacial score (nSPS) is 15.8. The first kappa shape index (κ1) is 8.88. The lowest BCUT2D eigenvalue weighted by Crippen LogP contribution is -2.39. The van der Waals surface area contributed by atoms with Crippen molar-refractivity contribution in [3.63, 3.8) is 0 Å². The second-order valence-corrected chi connectivity index (χ2v) is 4.20. The minimum atomic E-state index is 0.347.